The van der Waals surface area contributed by atoms with Crippen LogP contribution in [-0.2, 0) is 9.78 Å². The standard InChI is InChI=1S/C8H12N4.C8H18O2/c1-7(2,5-9)11-12-8(3,4)6-10;1-7(2,3)9-10-8(4,5)6/h1-4H3;1-6H3. The van der Waals surface area contributed by atoms with Crippen LogP contribution in [0.25, 0.3) is 0 Å². The van der Waals surface area contributed by atoms with Gasteiger partial charge in [-0.3, -0.25) is 0 Å². The molecule has 0 fully saturated rings. The molecule has 0 aliphatic rings. The largest absolute Gasteiger partial charge is 0.230 e. The smallest absolute Gasteiger partial charge is 0.162 e. The van der Waals surface area contributed by atoms with Gasteiger partial charge in [0.15, 0.2) is 11.1 Å². The molecule has 0 aromatic rings. The van der Waals surface area contributed by atoms with Gasteiger partial charge in [-0.1, -0.05) is 0 Å². The highest BCUT2D eigenvalue weighted by Crippen LogP contribution is 2.15. The number of rotatable bonds is 3. The first-order valence-electron chi connectivity index (χ1n) is 7.17. The van der Waals surface area contributed by atoms with Crippen molar-refractivity contribution in [2.24, 2.45) is 10.2 Å². The summed E-state index contributed by atoms with van der Waals surface area (Å²) in [6.45, 7) is 18.3. The van der Waals surface area contributed by atoms with Gasteiger partial charge in [-0.15, -0.1) is 0 Å². The molecule has 0 heterocycles. The van der Waals surface area contributed by atoms with Crippen molar-refractivity contribution < 1.29 is 9.78 Å². The first-order chi connectivity index (χ1) is 9.54. The summed E-state index contributed by atoms with van der Waals surface area (Å²) in [6, 6.07) is 3.94. The SMILES string of the molecule is CC(C)(C#N)N=NC(C)(C)C#N.CC(C)(C)OOC(C)(C)C. The molecule has 0 radical (unpaired) electrons. The molecule has 6 heteroatoms. The predicted molar refractivity (Wildman–Crippen MR) is 85.9 cm³/mol. The molecule has 0 atom stereocenters. The number of nitrogens with zero attached hydrogens (tertiary/aromatic N) is 4. The lowest BCUT2D eigenvalue weighted by Gasteiger charge is -2.24. The summed E-state index contributed by atoms with van der Waals surface area (Å²) in [6.07, 6.45) is 0. The fourth-order valence-corrected chi connectivity index (χ4v) is 0.545. The van der Waals surface area contributed by atoms with Crippen molar-refractivity contribution in [2.45, 2.75) is 91.5 Å². The average Bonchev–Trinajstić information content (AvgIpc) is 2.34. The van der Waals surface area contributed by atoms with Gasteiger partial charge in [0.05, 0.1) is 23.3 Å². The van der Waals surface area contributed by atoms with Crippen molar-refractivity contribution >= 4 is 0 Å². The summed E-state index contributed by atoms with van der Waals surface area (Å²) >= 11 is 0. The van der Waals surface area contributed by atoms with E-state index in [4.69, 9.17) is 20.3 Å². The Hall–Kier alpha value is -1.50. The van der Waals surface area contributed by atoms with E-state index in [1.807, 2.05) is 53.7 Å². The minimum Gasteiger partial charge on any atom is -0.230 e. The highest BCUT2D eigenvalue weighted by molar-refractivity contribution is 5.03. The third kappa shape index (κ3) is 16.6. The lowest BCUT2D eigenvalue weighted by Crippen LogP contribution is -2.27. The second kappa shape index (κ2) is 8.22. The summed E-state index contributed by atoms with van der Waals surface area (Å²) in [5.74, 6) is 0. The minimum atomic E-state index is -0.839. The van der Waals surface area contributed by atoms with Crippen molar-refractivity contribution in [2.75, 3.05) is 0 Å². The van der Waals surface area contributed by atoms with Crippen molar-refractivity contribution in [1.29, 1.82) is 10.5 Å². The van der Waals surface area contributed by atoms with E-state index in [9.17, 15) is 0 Å². The molecule has 0 unspecified atom stereocenters. The molecule has 0 aliphatic carbocycles. The van der Waals surface area contributed by atoms with Crippen molar-refractivity contribution in [1.82, 2.24) is 0 Å². The summed E-state index contributed by atoms with van der Waals surface area (Å²) in [5.41, 5.74) is -2.11. The van der Waals surface area contributed by atoms with Crippen molar-refractivity contribution in [3.05, 3.63) is 0 Å². The first-order valence-corrected chi connectivity index (χ1v) is 7.17. The van der Waals surface area contributed by atoms with Gasteiger partial charge in [-0.2, -0.15) is 20.8 Å². The third-order valence-corrected chi connectivity index (χ3v) is 1.64. The van der Waals surface area contributed by atoms with Crippen molar-refractivity contribution in [3.63, 3.8) is 0 Å². The molecule has 0 aliphatic heterocycles. The van der Waals surface area contributed by atoms with E-state index in [-0.39, 0.29) is 11.2 Å². The first kappa shape index (κ1) is 22.8. The zero-order chi connectivity index (χ0) is 18.2. The number of hydrogen-bond donors (Lipinski definition) is 0. The maximum Gasteiger partial charge on any atom is 0.162 e. The molecular weight excluding hydrogens is 280 g/mol. The summed E-state index contributed by atoms with van der Waals surface area (Å²) in [7, 11) is 0. The van der Waals surface area contributed by atoms with Crippen LogP contribution in [0, 0.1) is 22.7 Å². The third-order valence-electron chi connectivity index (χ3n) is 1.64. The zero-order valence-corrected chi connectivity index (χ0v) is 15.6. The maximum absolute atomic E-state index is 8.58. The maximum atomic E-state index is 8.58. The van der Waals surface area contributed by atoms with E-state index in [1.165, 1.54) is 0 Å². The van der Waals surface area contributed by atoms with Gasteiger partial charge >= 0.3 is 0 Å². The monoisotopic (exact) mass is 310 g/mol. The fraction of sp³-hybridized carbons (Fsp3) is 0.875. The second-order valence-corrected chi connectivity index (χ2v) is 7.93. The van der Waals surface area contributed by atoms with Gasteiger partial charge in [-0.05, 0) is 69.2 Å². The van der Waals surface area contributed by atoms with E-state index in [2.05, 4.69) is 10.2 Å². The molecule has 0 amide bonds. The van der Waals surface area contributed by atoms with Gasteiger partial charge in [0.2, 0.25) is 0 Å². The second-order valence-electron chi connectivity index (χ2n) is 7.93. The Morgan fingerprint density at radius 1 is 0.591 bits per heavy atom. The number of nitriles is 2. The zero-order valence-electron chi connectivity index (χ0n) is 15.6. The van der Waals surface area contributed by atoms with Crippen LogP contribution in [-0.4, -0.2) is 22.3 Å². The minimum absolute atomic E-state index is 0.215. The van der Waals surface area contributed by atoms with E-state index in [1.54, 1.807) is 27.7 Å². The molecule has 6 nitrogen and oxygen atoms in total. The molecule has 0 saturated carbocycles. The molecule has 0 N–H and O–H groups in total. The lowest BCUT2D eigenvalue weighted by molar-refractivity contribution is -0.393. The lowest BCUT2D eigenvalue weighted by atomic mass is 10.1. The molecule has 0 spiro atoms. The quantitative estimate of drug-likeness (QED) is 0.433. The molecule has 0 saturated heterocycles. The molecule has 0 rings (SSSR count). The van der Waals surface area contributed by atoms with Crippen LogP contribution in [0.5, 0.6) is 0 Å². The van der Waals surface area contributed by atoms with E-state index >= 15 is 0 Å². The van der Waals surface area contributed by atoms with Crippen LogP contribution in [0.3, 0.4) is 0 Å². The normalized spacial score (nSPS) is 13.1. The molecule has 0 aromatic carbocycles. The number of hydrogen-bond acceptors (Lipinski definition) is 6. The predicted octanol–water partition coefficient (Wildman–Crippen LogP) is 4.57. The molecule has 126 valence electrons. The van der Waals surface area contributed by atoms with Gasteiger partial charge in [-0.25, -0.2) is 9.78 Å². The Bertz CT molecular complexity index is 399. The van der Waals surface area contributed by atoms with Gasteiger partial charge in [0, 0.05) is 0 Å². The molecule has 22 heavy (non-hydrogen) atoms. The highest BCUT2D eigenvalue weighted by atomic mass is 17.2. The summed E-state index contributed by atoms with van der Waals surface area (Å²) in [5, 5.41) is 24.7. The van der Waals surface area contributed by atoms with E-state index < -0.39 is 11.1 Å². The number of azo groups is 1. The average molecular weight is 310 g/mol. The Morgan fingerprint density at radius 2 is 0.818 bits per heavy atom. The van der Waals surface area contributed by atoms with Crippen molar-refractivity contribution in [3.8, 4) is 12.1 Å². The van der Waals surface area contributed by atoms with Gasteiger partial charge in [0.25, 0.3) is 0 Å². The van der Waals surface area contributed by atoms with Crippen LogP contribution in [0.15, 0.2) is 10.2 Å². The Kier molecular flexibility index (Phi) is 8.51. The highest BCUT2D eigenvalue weighted by Gasteiger charge is 2.20. The molecule has 0 bridgehead atoms. The van der Waals surface area contributed by atoms with Gasteiger partial charge in [0.1, 0.15) is 0 Å². The van der Waals surface area contributed by atoms with Crippen LogP contribution < -0.4 is 0 Å². The molecular formula is C16H30N4O2. The van der Waals surface area contributed by atoms with E-state index in [0.717, 1.165) is 0 Å². The van der Waals surface area contributed by atoms with Crippen LogP contribution in [0.2, 0.25) is 0 Å². The van der Waals surface area contributed by atoms with Gasteiger partial charge < -0.3 is 0 Å². The summed E-state index contributed by atoms with van der Waals surface area (Å²) < 4.78 is 0. The van der Waals surface area contributed by atoms with E-state index in [0.29, 0.717) is 0 Å². The molecule has 0 aromatic heterocycles. The van der Waals surface area contributed by atoms with Crippen LogP contribution in [0.1, 0.15) is 69.2 Å². The topological polar surface area (TPSA) is 90.8 Å². The Morgan fingerprint density at radius 3 is 0.955 bits per heavy atom. The summed E-state index contributed by atoms with van der Waals surface area (Å²) in [4.78, 5) is 10.2. The van der Waals surface area contributed by atoms with Crippen LogP contribution in [0.4, 0.5) is 0 Å². The Balaban J connectivity index is 0. The van der Waals surface area contributed by atoms with Crippen LogP contribution >= 0.6 is 0 Å². The Labute approximate surface area is 135 Å². The fourth-order valence-electron chi connectivity index (χ4n) is 0.545.